The number of ether oxygens (including phenoxy) is 2. The SMILES string of the molecule is COc1cc(C=CC#N)cc(Br)c1OCc1ccc(Cl)cc1. The van der Waals surface area contributed by atoms with Crippen LogP contribution in [0.3, 0.4) is 0 Å². The summed E-state index contributed by atoms with van der Waals surface area (Å²) in [4.78, 5) is 0. The van der Waals surface area contributed by atoms with Crippen LogP contribution in [0.1, 0.15) is 11.1 Å². The summed E-state index contributed by atoms with van der Waals surface area (Å²) < 4.78 is 12.0. The van der Waals surface area contributed by atoms with E-state index >= 15 is 0 Å². The van der Waals surface area contributed by atoms with Crippen molar-refractivity contribution in [1.82, 2.24) is 0 Å². The normalized spacial score (nSPS) is 10.5. The molecule has 0 radical (unpaired) electrons. The summed E-state index contributed by atoms with van der Waals surface area (Å²) in [6.45, 7) is 0.402. The number of nitriles is 1. The monoisotopic (exact) mass is 377 g/mol. The molecule has 0 unspecified atom stereocenters. The highest BCUT2D eigenvalue weighted by Crippen LogP contribution is 2.37. The van der Waals surface area contributed by atoms with Crippen molar-refractivity contribution in [3.63, 3.8) is 0 Å². The van der Waals surface area contributed by atoms with Gasteiger partial charge in [-0.2, -0.15) is 5.26 Å². The molecular weight excluding hydrogens is 366 g/mol. The van der Waals surface area contributed by atoms with Crippen LogP contribution >= 0.6 is 27.5 Å². The maximum Gasteiger partial charge on any atom is 0.175 e. The highest BCUT2D eigenvalue weighted by Gasteiger charge is 2.11. The van der Waals surface area contributed by atoms with E-state index in [2.05, 4.69) is 15.9 Å². The minimum atomic E-state index is 0.402. The standard InChI is InChI=1S/C17H13BrClNO2/c1-21-16-10-13(3-2-8-20)9-15(18)17(16)22-11-12-4-6-14(19)7-5-12/h2-7,9-10H,11H2,1H3. The zero-order valence-corrected chi connectivity index (χ0v) is 14.2. The van der Waals surface area contributed by atoms with Crippen molar-refractivity contribution < 1.29 is 9.47 Å². The molecule has 5 heteroatoms. The first-order chi connectivity index (χ1) is 10.6. The molecule has 22 heavy (non-hydrogen) atoms. The van der Waals surface area contributed by atoms with E-state index in [-0.39, 0.29) is 0 Å². The lowest BCUT2D eigenvalue weighted by molar-refractivity contribution is 0.282. The number of halogens is 2. The summed E-state index contributed by atoms with van der Waals surface area (Å²) in [5.41, 5.74) is 1.86. The fourth-order valence-corrected chi connectivity index (χ4v) is 2.55. The Kier molecular flexibility index (Phi) is 5.88. The Hall–Kier alpha value is -1.96. The predicted molar refractivity (Wildman–Crippen MR) is 91.1 cm³/mol. The van der Waals surface area contributed by atoms with Crippen LogP contribution in [0.15, 0.2) is 46.9 Å². The van der Waals surface area contributed by atoms with Gasteiger partial charge in [-0.05, 0) is 57.4 Å². The minimum absolute atomic E-state index is 0.402. The first-order valence-electron chi connectivity index (χ1n) is 6.45. The highest BCUT2D eigenvalue weighted by molar-refractivity contribution is 9.10. The van der Waals surface area contributed by atoms with Gasteiger partial charge in [-0.3, -0.25) is 0 Å². The van der Waals surface area contributed by atoms with Crippen LogP contribution in [0.5, 0.6) is 11.5 Å². The van der Waals surface area contributed by atoms with E-state index in [1.807, 2.05) is 42.5 Å². The van der Waals surface area contributed by atoms with Gasteiger partial charge in [0.15, 0.2) is 11.5 Å². The molecule has 0 aliphatic rings. The van der Waals surface area contributed by atoms with Crippen LogP contribution < -0.4 is 9.47 Å². The van der Waals surface area contributed by atoms with E-state index < -0.39 is 0 Å². The van der Waals surface area contributed by atoms with Crippen LogP contribution in [0.25, 0.3) is 6.08 Å². The molecule has 2 aromatic carbocycles. The van der Waals surface area contributed by atoms with Crippen LogP contribution in [-0.4, -0.2) is 7.11 Å². The number of benzene rings is 2. The molecular formula is C17H13BrClNO2. The Balaban J connectivity index is 2.21. The van der Waals surface area contributed by atoms with Crippen LogP contribution in [0, 0.1) is 11.3 Å². The van der Waals surface area contributed by atoms with Gasteiger partial charge in [0.2, 0.25) is 0 Å². The molecule has 0 saturated heterocycles. The van der Waals surface area contributed by atoms with Crippen LogP contribution in [-0.2, 0) is 6.61 Å². The van der Waals surface area contributed by atoms with Crippen molar-refractivity contribution >= 4 is 33.6 Å². The van der Waals surface area contributed by atoms with Gasteiger partial charge >= 0.3 is 0 Å². The molecule has 0 amide bonds. The van der Waals surface area contributed by atoms with E-state index in [1.54, 1.807) is 13.2 Å². The maximum absolute atomic E-state index is 8.59. The van der Waals surface area contributed by atoms with Gasteiger partial charge in [0.1, 0.15) is 6.61 Å². The van der Waals surface area contributed by atoms with E-state index in [1.165, 1.54) is 6.08 Å². The summed E-state index contributed by atoms with van der Waals surface area (Å²) in [5.74, 6) is 1.22. The molecule has 0 N–H and O–H groups in total. The molecule has 2 rings (SSSR count). The van der Waals surface area contributed by atoms with Crippen molar-refractivity contribution in [2.24, 2.45) is 0 Å². The molecule has 0 heterocycles. The number of methoxy groups -OCH3 is 1. The van der Waals surface area contributed by atoms with Gasteiger partial charge in [0.05, 0.1) is 17.7 Å². The fraction of sp³-hybridized carbons (Fsp3) is 0.118. The third kappa shape index (κ3) is 4.27. The molecule has 0 fully saturated rings. The molecule has 0 aliphatic heterocycles. The second-order valence-corrected chi connectivity index (χ2v) is 5.70. The molecule has 0 aliphatic carbocycles. The number of hydrogen-bond donors (Lipinski definition) is 0. The smallest absolute Gasteiger partial charge is 0.175 e. The fourth-order valence-electron chi connectivity index (χ4n) is 1.85. The topological polar surface area (TPSA) is 42.2 Å². The molecule has 0 saturated carbocycles. The van der Waals surface area contributed by atoms with Crippen molar-refractivity contribution in [3.05, 3.63) is 63.1 Å². The second-order valence-electron chi connectivity index (χ2n) is 4.41. The van der Waals surface area contributed by atoms with E-state index in [4.69, 9.17) is 26.3 Å². The summed E-state index contributed by atoms with van der Waals surface area (Å²) in [7, 11) is 1.58. The lowest BCUT2D eigenvalue weighted by Gasteiger charge is -2.13. The van der Waals surface area contributed by atoms with E-state index in [0.29, 0.717) is 23.1 Å². The Labute approximate surface area is 142 Å². The summed E-state index contributed by atoms with van der Waals surface area (Å²) >= 11 is 9.34. The molecule has 0 bridgehead atoms. The Bertz CT molecular complexity index is 721. The molecule has 0 atom stereocenters. The number of nitrogens with zero attached hydrogens (tertiary/aromatic N) is 1. The third-order valence-corrected chi connectivity index (χ3v) is 3.74. The highest BCUT2D eigenvalue weighted by atomic mass is 79.9. The summed E-state index contributed by atoms with van der Waals surface area (Å²) in [6, 6.07) is 13.1. The van der Waals surface area contributed by atoms with Crippen molar-refractivity contribution in [1.29, 1.82) is 5.26 Å². The van der Waals surface area contributed by atoms with Gasteiger partial charge in [-0.15, -0.1) is 0 Å². The van der Waals surface area contributed by atoms with E-state index in [9.17, 15) is 0 Å². The lowest BCUT2D eigenvalue weighted by atomic mass is 10.2. The zero-order chi connectivity index (χ0) is 15.9. The average Bonchev–Trinajstić information content (AvgIpc) is 2.53. The van der Waals surface area contributed by atoms with Gasteiger partial charge in [-0.1, -0.05) is 23.7 Å². The Morgan fingerprint density at radius 3 is 2.64 bits per heavy atom. The number of allylic oxidation sites excluding steroid dienone is 1. The van der Waals surface area contributed by atoms with Crippen LogP contribution in [0.4, 0.5) is 0 Å². The van der Waals surface area contributed by atoms with Crippen molar-refractivity contribution in [2.75, 3.05) is 7.11 Å². The maximum atomic E-state index is 8.59. The van der Waals surface area contributed by atoms with Crippen molar-refractivity contribution in [2.45, 2.75) is 6.61 Å². The lowest BCUT2D eigenvalue weighted by Crippen LogP contribution is -1.99. The number of hydrogen-bond acceptors (Lipinski definition) is 3. The van der Waals surface area contributed by atoms with E-state index in [0.717, 1.165) is 15.6 Å². The molecule has 2 aromatic rings. The van der Waals surface area contributed by atoms with Gasteiger partial charge < -0.3 is 9.47 Å². The molecule has 112 valence electrons. The first kappa shape index (κ1) is 16.4. The quantitative estimate of drug-likeness (QED) is 0.669. The zero-order valence-electron chi connectivity index (χ0n) is 11.8. The van der Waals surface area contributed by atoms with Gasteiger partial charge in [-0.25, -0.2) is 0 Å². The average molecular weight is 379 g/mol. The predicted octanol–water partition coefficient (Wildman–Crippen LogP) is 5.23. The third-order valence-electron chi connectivity index (χ3n) is 2.90. The summed E-state index contributed by atoms with van der Waals surface area (Å²) in [5, 5.41) is 9.28. The minimum Gasteiger partial charge on any atom is -0.493 e. The molecule has 0 spiro atoms. The van der Waals surface area contributed by atoms with Crippen molar-refractivity contribution in [3.8, 4) is 17.6 Å². The van der Waals surface area contributed by atoms with Crippen LogP contribution in [0.2, 0.25) is 5.02 Å². The summed E-state index contributed by atoms with van der Waals surface area (Å²) in [6.07, 6.45) is 3.12. The second kappa shape index (κ2) is 7.88. The number of rotatable bonds is 5. The Morgan fingerprint density at radius 2 is 2.00 bits per heavy atom. The van der Waals surface area contributed by atoms with Gasteiger partial charge in [0, 0.05) is 11.1 Å². The largest absolute Gasteiger partial charge is 0.493 e. The van der Waals surface area contributed by atoms with Gasteiger partial charge in [0.25, 0.3) is 0 Å². The Morgan fingerprint density at radius 1 is 1.27 bits per heavy atom. The molecule has 0 aromatic heterocycles. The first-order valence-corrected chi connectivity index (χ1v) is 7.62. The molecule has 3 nitrogen and oxygen atoms in total.